The van der Waals surface area contributed by atoms with Gasteiger partial charge in [0.1, 0.15) is 6.10 Å². The number of hydrogen-bond donors (Lipinski definition) is 1. The Morgan fingerprint density at radius 2 is 1.33 bits per heavy atom. The Kier molecular flexibility index (Phi) is 8.63. The molecule has 0 saturated carbocycles. The first-order valence-corrected chi connectivity index (χ1v) is 20.5. The lowest BCUT2D eigenvalue weighted by atomic mass is 10.0. The fourth-order valence-electron chi connectivity index (χ4n) is 2.62. The highest BCUT2D eigenvalue weighted by atomic mass is 79.9. The van der Waals surface area contributed by atoms with Crippen molar-refractivity contribution in [1.82, 2.24) is 0 Å². The molecule has 1 saturated heterocycles. The molecule has 5 atom stereocenters. The largest absolute Gasteiger partial charge is 0.414 e. The Balaban J connectivity index is 3.10. The minimum absolute atomic E-state index is 0.113. The van der Waals surface area contributed by atoms with Crippen molar-refractivity contribution in [3.63, 3.8) is 0 Å². The molecule has 1 heterocycles. The van der Waals surface area contributed by atoms with Gasteiger partial charge in [-0.25, -0.2) is 0 Å². The Bertz CT molecular complexity index is 485. The third-order valence-corrected chi connectivity index (χ3v) is 12.4. The van der Waals surface area contributed by atoms with E-state index >= 15 is 0 Å². The topological polar surface area (TPSA) is 57.2 Å². The van der Waals surface area contributed by atoms with Crippen LogP contribution in [0.3, 0.4) is 0 Å². The number of aliphatic hydroxyl groups is 1. The predicted molar refractivity (Wildman–Crippen MR) is 123 cm³/mol. The van der Waals surface area contributed by atoms with E-state index < -0.39 is 31.2 Å². The summed E-state index contributed by atoms with van der Waals surface area (Å²) >= 11 is 3.60. The lowest BCUT2D eigenvalue weighted by molar-refractivity contribution is -0.225. The van der Waals surface area contributed by atoms with Gasteiger partial charge in [0.2, 0.25) is 0 Å². The van der Waals surface area contributed by atoms with E-state index in [2.05, 4.69) is 89.1 Å². The van der Waals surface area contributed by atoms with Crippen molar-refractivity contribution in [2.24, 2.45) is 0 Å². The van der Waals surface area contributed by atoms with Gasteiger partial charge in [0.15, 0.2) is 31.2 Å². The van der Waals surface area contributed by atoms with E-state index in [1.54, 1.807) is 0 Å². The fourth-order valence-corrected chi connectivity index (χ4v) is 6.57. The van der Waals surface area contributed by atoms with Gasteiger partial charge < -0.3 is 23.1 Å². The highest BCUT2D eigenvalue weighted by molar-refractivity contribution is 9.09. The second-order valence-corrected chi connectivity index (χ2v) is 25.8. The first kappa shape index (κ1) is 26.0. The third kappa shape index (κ3) is 7.93. The summed E-state index contributed by atoms with van der Waals surface area (Å²) in [6, 6.07) is 0. The van der Waals surface area contributed by atoms with E-state index in [0.29, 0.717) is 6.61 Å². The van der Waals surface area contributed by atoms with Crippen LogP contribution in [0.5, 0.6) is 0 Å². The van der Waals surface area contributed by atoms with Crippen LogP contribution in [0.2, 0.25) is 57.4 Å². The summed E-state index contributed by atoms with van der Waals surface area (Å²) < 4.78 is 25.3. The molecule has 0 amide bonds. The number of aliphatic hydroxyl groups excluding tert-OH is 1. The predicted octanol–water partition coefficient (Wildman–Crippen LogP) is 4.93. The van der Waals surface area contributed by atoms with Gasteiger partial charge in [-0.2, -0.15) is 0 Å². The summed E-state index contributed by atoms with van der Waals surface area (Å²) in [6.45, 7) is 24.5. The van der Waals surface area contributed by atoms with Crippen LogP contribution in [-0.2, 0) is 18.0 Å². The van der Waals surface area contributed by atoms with Crippen molar-refractivity contribution in [2.45, 2.75) is 108 Å². The molecule has 27 heavy (non-hydrogen) atoms. The second-order valence-electron chi connectivity index (χ2n) is 11.0. The lowest BCUT2D eigenvalue weighted by Crippen LogP contribution is -2.62. The monoisotopic (exact) mass is 500 g/mol. The van der Waals surface area contributed by atoms with E-state index in [0.717, 1.165) is 0 Å². The van der Waals surface area contributed by atoms with Gasteiger partial charge in [0, 0.05) is 0 Å². The molecule has 1 aliphatic heterocycles. The molecule has 0 spiro atoms. The van der Waals surface area contributed by atoms with Crippen LogP contribution in [0.4, 0.5) is 0 Å². The van der Waals surface area contributed by atoms with Crippen molar-refractivity contribution in [3.05, 3.63) is 0 Å². The number of halogens is 1. The molecule has 0 unspecified atom stereocenters. The van der Waals surface area contributed by atoms with Crippen molar-refractivity contribution >= 4 is 40.9 Å². The van der Waals surface area contributed by atoms with Crippen LogP contribution in [-0.4, -0.2) is 66.1 Å². The molecule has 0 aromatic heterocycles. The van der Waals surface area contributed by atoms with Gasteiger partial charge in [0.05, 0.1) is 23.6 Å². The molecule has 1 rings (SSSR count). The summed E-state index contributed by atoms with van der Waals surface area (Å²) in [5.74, 6) is 0. The van der Waals surface area contributed by atoms with Gasteiger partial charge >= 0.3 is 0 Å². The summed E-state index contributed by atoms with van der Waals surface area (Å²) in [5.41, 5.74) is 0. The Morgan fingerprint density at radius 1 is 0.889 bits per heavy atom. The molecule has 1 aliphatic rings. The number of ether oxygens (including phenoxy) is 1. The van der Waals surface area contributed by atoms with Crippen LogP contribution in [0, 0.1) is 0 Å². The van der Waals surface area contributed by atoms with Crippen molar-refractivity contribution < 1.29 is 23.1 Å². The maximum absolute atomic E-state index is 10.5. The minimum Gasteiger partial charge on any atom is -0.414 e. The smallest absolute Gasteiger partial charge is 0.192 e. The molecule has 0 bridgehead atoms. The van der Waals surface area contributed by atoms with Gasteiger partial charge in [-0.3, -0.25) is 0 Å². The van der Waals surface area contributed by atoms with E-state index in [9.17, 15) is 5.11 Å². The van der Waals surface area contributed by atoms with Crippen molar-refractivity contribution in [2.75, 3.05) is 6.61 Å². The molecule has 0 radical (unpaired) electrons. The summed E-state index contributed by atoms with van der Waals surface area (Å²) in [5, 5.41) is 10.6. The molecule has 162 valence electrons. The zero-order chi connectivity index (χ0) is 21.4. The Labute approximate surface area is 178 Å². The maximum Gasteiger partial charge on any atom is 0.192 e. The number of alkyl halides is 1. The molecular formula is C18H41BrO5Si3. The van der Waals surface area contributed by atoms with E-state index in [4.69, 9.17) is 18.0 Å². The van der Waals surface area contributed by atoms with E-state index in [-0.39, 0.29) is 28.2 Å². The highest BCUT2D eigenvalue weighted by Crippen LogP contribution is 2.38. The lowest BCUT2D eigenvalue weighted by Gasteiger charge is -2.48. The van der Waals surface area contributed by atoms with Crippen molar-refractivity contribution in [1.29, 1.82) is 0 Å². The van der Waals surface area contributed by atoms with Crippen LogP contribution in [0.1, 0.15) is 20.8 Å². The van der Waals surface area contributed by atoms with Crippen LogP contribution < -0.4 is 0 Å². The number of hydrogen-bond acceptors (Lipinski definition) is 5. The van der Waals surface area contributed by atoms with Crippen LogP contribution in [0.15, 0.2) is 0 Å². The average molecular weight is 502 g/mol. The molecule has 9 heteroatoms. The van der Waals surface area contributed by atoms with Gasteiger partial charge in [-0.15, -0.1) is 0 Å². The quantitative estimate of drug-likeness (QED) is 0.396. The molecule has 0 aromatic rings. The first-order valence-electron chi connectivity index (χ1n) is 9.81. The summed E-state index contributed by atoms with van der Waals surface area (Å²) in [4.78, 5) is -0.324. The highest BCUT2D eigenvalue weighted by Gasteiger charge is 2.49. The molecule has 1 N–H and O–H groups in total. The Hall–Kier alpha value is 0.931. The van der Waals surface area contributed by atoms with Crippen LogP contribution >= 0.6 is 15.9 Å². The SMILES string of the molecule is CC(C)(C)[Si](C)(C)OC[C@H]1O[C@H](O)[C@H](Br)[C@@H](O[Si](C)(C)C)[C@H]1O[Si](C)(C)C. The maximum atomic E-state index is 10.5. The fraction of sp³-hybridized carbons (Fsp3) is 1.00. The normalized spacial score (nSPS) is 31.2. The second kappa shape index (κ2) is 8.97. The van der Waals surface area contributed by atoms with Crippen molar-refractivity contribution in [3.8, 4) is 0 Å². The van der Waals surface area contributed by atoms with Gasteiger partial charge in [-0.1, -0.05) is 36.7 Å². The van der Waals surface area contributed by atoms with E-state index in [1.807, 2.05) is 0 Å². The Morgan fingerprint density at radius 3 is 1.74 bits per heavy atom. The molecule has 0 aromatic carbocycles. The van der Waals surface area contributed by atoms with Gasteiger partial charge in [0.25, 0.3) is 0 Å². The molecular weight excluding hydrogens is 460 g/mol. The van der Waals surface area contributed by atoms with Crippen LogP contribution in [0.25, 0.3) is 0 Å². The molecule has 1 fully saturated rings. The van der Waals surface area contributed by atoms with Gasteiger partial charge in [-0.05, 0) is 57.4 Å². The summed E-state index contributed by atoms with van der Waals surface area (Å²) in [6.07, 6.45) is -1.82. The minimum atomic E-state index is -1.93. The standard InChI is InChI=1S/C18H41BrO5Si3/c1-18(2,3)27(10,11)21-12-13-15(23-25(4,5)6)16(24-26(7,8)9)14(19)17(20)22-13/h13-17,20H,12H2,1-11H3/t13-,14-,15+,16-,17+/m1/s1. The van der Waals surface area contributed by atoms with E-state index in [1.165, 1.54) is 0 Å². The zero-order valence-electron chi connectivity index (χ0n) is 19.1. The number of rotatable bonds is 7. The first-order chi connectivity index (χ1) is 11.8. The molecule has 5 nitrogen and oxygen atoms in total. The summed E-state index contributed by atoms with van der Waals surface area (Å²) in [7, 11) is -5.64. The average Bonchev–Trinajstić information content (AvgIpc) is 2.41. The third-order valence-electron chi connectivity index (χ3n) is 4.98. The molecule has 0 aliphatic carbocycles. The zero-order valence-corrected chi connectivity index (χ0v) is 23.6.